The Balaban J connectivity index is 2.54. The molecular formula is C12H21N3S. The molecule has 16 heavy (non-hydrogen) atoms. The number of aromatic nitrogens is 2. The number of nitrogens with one attached hydrogen (secondary N) is 2. The van der Waals surface area contributed by atoms with Gasteiger partial charge in [0.15, 0.2) is 0 Å². The number of hydrogen-bond acceptors (Lipinski definition) is 3. The van der Waals surface area contributed by atoms with Crippen LogP contribution < -0.4 is 5.32 Å². The third kappa shape index (κ3) is 4.75. The van der Waals surface area contributed by atoms with Gasteiger partial charge < -0.3 is 10.3 Å². The molecule has 0 bridgehead atoms. The molecule has 3 nitrogen and oxygen atoms in total. The fourth-order valence-corrected chi connectivity index (χ4v) is 1.78. The highest BCUT2D eigenvalue weighted by atomic mass is 32.1. The molecule has 1 heterocycles. The van der Waals surface area contributed by atoms with E-state index >= 15 is 0 Å². The van der Waals surface area contributed by atoms with Crippen molar-refractivity contribution in [2.75, 3.05) is 11.9 Å². The topological polar surface area (TPSA) is 40.7 Å². The van der Waals surface area contributed by atoms with E-state index in [4.69, 9.17) is 12.2 Å². The van der Waals surface area contributed by atoms with Crippen LogP contribution in [0.5, 0.6) is 0 Å². The Morgan fingerprint density at radius 1 is 1.31 bits per heavy atom. The summed E-state index contributed by atoms with van der Waals surface area (Å²) >= 11 is 5.13. The zero-order chi connectivity index (χ0) is 11.8. The summed E-state index contributed by atoms with van der Waals surface area (Å²) in [6.07, 6.45) is 5.74. The average molecular weight is 239 g/mol. The third-order valence-corrected chi connectivity index (χ3v) is 2.58. The summed E-state index contributed by atoms with van der Waals surface area (Å²) in [6.45, 7) is 5.34. The van der Waals surface area contributed by atoms with E-state index in [0.717, 1.165) is 31.0 Å². The molecule has 0 atom stereocenters. The Kier molecular flexibility index (Phi) is 6.08. The molecule has 1 rings (SSSR count). The second kappa shape index (κ2) is 7.39. The lowest BCUT2D eigenvalue weighted by Gasteiger charge is -2.07. The maximum absolute atomic E-state index is 5.13. The van der Waals surface area contributed by atoms with Gasteiger partial charge in [-0.2, -0.15) is 0 Å². The SMILES string of the molecule is CCCCCNc1cc(=S)nc(CCC)[nH]1. The highest BCUT2D eigenvalue weighted by molar-refractivity contribution is 7.71. The molecule has 1 aromatic heterocycles. The van der Waals surface area contributed by atoms with Gasteiger partial charge in [0.2, 0.25) is 0 Å². The molecule has 0 unspecified atom stereocenters. The second-order valence-electron chi connectivity index (χ2n) is 3.96. The molecule has 4 heteroatoms. The number of hydrogen-bond donors (Lipinski definition) is 2. The third-order valence-electron chi connectivity index (χ3n) is 2.37. The highest BCUT2D eigenvalue weighted by Crippen LogP contribution is 2.06. The van der Waals surface area contributed by atoms with E-state index in [0.29, 0.717) is 4.64 Å². The number of aromatic amines is 1. The quantitative estimate of drug-likeness (QED) is 0.563. The Hall–Kier alpha value is -0.900. The average Bonchev–Trinajstić information content (AvgIpc) is 2.24. The second-order valence-corrected chi connectivity index (χ2v) is 4.38. The van der Waals surface area contributed by atoms with E-state index in [1.54, 1.807) is 0 Å². The van der Waals surface area contributed by atoms with Crippen molar-refractivity contribution in [2.45, 2.75) is 46.0 Å². The molecule has 0 saturated carbocycles. The van der Waals surface area contributed by atoms with Crippen LogP contribution in [0.15, 0.2) is 6.07 Å². The normalized spacial score (nSPS) is 10.4. The van der Waals surface area contributed by atoms with Crippen LogP contribution in [0, 0.1) is 4.64 Å². The highest BCUT2D eigenvalue weighted by Gasteiger charge is 1.97. The molecule has 0 aliphatic heterocycles. The van der Waals surface area contributed by atoms with E-state index in [-0.39, 0.29) is 0 Å². The van der Waals surface area contributed by atoms with Crippen LogP contribution in [-0.2, 0) is 6.42 Å². The Morgan fingerprint density at radius 2 is 2.12 bits per heavy atom. The summed E-state index contributed by atoms with van der Waals surface area (Å²) in [6, 6.07) is 1.89. The van der Waals surface area contributed by atoms with Gasteiger partial charge in [-0.25, -0.2) is 4.98 Å². The first kappa shape index (κ1) is 13.2. The number of rotatable bonds is 7. The number of anilines is 1. The van der Waals surface area contributed by atoms with Gasteiger partial charge in [0, 0.05) is 19.0 Å². The Labute approximate surface area is 103 Å². The lowest BCUT2D eigenvalue weighted by atomic mass is 10.2. The van der Waals surface area contributed by atoms with Crippen molar-refractivity contribution >= 4 is 18.0 Å². The summed E-state index contributed by atoms with van der Waals surface area (Å²) in [4.78, 5) is 7.56. The van der Waals surface area contributed by atoms with E-state index in [1.165, 1.54) is 19.3 Å². The number of aryl methyl sites for hydroxylation is 1. The number of H-pyrrole nitrogens is 1. The molecule has 0 aliphatic carbocycles. The summed E-state index contributed by atoms with van der Waals surface area (Å²) in [5.74, 6) is 1.98. The smallest absolute Gasteiger partial charge is 0.131 e. The fraction of sp³-hybridized carbons (Fsp3) is 0.667. The van der Waals surface area contributed by atoms with Gasteiger partial charge in [0.1, 0.15) is 16.3 Å². The van der Waals surface area contributed by atoms with Crippen molar-refractivity contribution in [2.24, 2.45) is 0 Å². The molecule has 2 N–H and O–H groups in total. The van der Waals surface area contributed by atoms with Gasteiger partial charge in [0.25, 0.3) is 0 Å². The van der Waals surface area contributed by atoms with Gasteiger partial charge in [-0.1, -0.05) is 38.9 Å². The van der Waals surface area contributed by atoms with Crippen LogP contribution >= 0.6 is 12.2 Å². The largest absolute Gasteiger partial charge is 0.372 e. The van der Waals surface area contributed by atoms with E-state index in [1.807, 2.05) is 6.07 Å². The molecule has 90 valence electrons. The summed E-state index contributed by atoms with van der Waals surface area (Å²) in [5, 5.41) is 3.36. The van der Waals surface area contributed by atoms with E-state index in [2.05, 4.69) is 29.1 Å². The predicted molar refractivity (Wildman–Crippen MR) is 71.4 cm³/mol. The lowest BCUT2D eigenvalue weighted by molar-refractivity contribution is 0.740. The summed E-state index contributed by atoms with van der Waals surface area (Å²) < 4.78 is 0.667. The standard InChI is InChI=1S/C12H21N3S/c1-3-5-6-8-13-11-9-12(16)15-10(14-11)7-4-2/h9H,3-8H2,1-2H3,(H2,13,14,15,16). The Bertz CT molecular complexity index is 360. The monoisotopic (exact) mass is 239 g/mol. The zero-order valence-corrected chi connectivity index (χ0v) is 11.0. The van der Waals surface area contributed by atoms with Crippen LogP contribution in [0.4, 0.5) is 5.82 Å². The maximum atomic E-state index is 5.13. The number of nitrogens with zero attached hydrogens (tertiary/aromatic N) is 1. The van der Waals surface area contributed by atoms with Crippen LogP contribution in [0.1, 0.15) is 45.4 Å². The molecule has 0 spiro atoms. The van der Waals surface area contributed by atoms with Gasteiger partial charge in [-0.3, -0.25) is 0 Å². The van der Waals surface area contributed by atoms with Crippen LogP contribution in [-0.4, -0.2) is 16.5 Å². The van der Waals surface area contributed by atoms with E-state index in [9.17, 15) is 0 Å². The van der Waals surface area contributed by atoms with Crippen LogP contribution in [0.25, 0.3) is 0 Å². The van der Waals surface area contributed by atoms with Crippen LogP contribution in [0.3, 0.4) is 0 Å². The van der Waals surface area contributed by atoms with Crippen molar-refractivity contribution in [3.8, 4) is 0 Å². The molecule has 0 aromatic carbocycles. The van der Waals surface area contributed by atoms with Crippen molar-refractivity contribution < 1.29 is 0 Å². The van der Waals surface area contributed by atoms with Crippen LogP contribution in [0.2, 0.25) is 0 Å². The van der Waals surface area contributed by atoms with Gasteiger partial charge in [0.05, 0.1) is 0 Å². The number of unbranched alkanes of at least 4 members (excludes halogenated alkanes) is 2. The Morgan fingerprint density at radius 3 is 2.81 bits per heavy atom. The predicted octanol–water partition coefficient (Wildman–Crippen LogP) is 3.69. The minimum absolute atomic E-state index is 0.667. The summed E-state index contributed by atoms with van der Waals surface area (Å²) in [7, 11) is 0. The molecule has 0 amide bonds. The van der Waals surface area contributed by atoms with Crippen molar-refractivity contribution in [1.29, 1.82) is 0 Å². The van der Waals surface area contributed by atoms with E-state index < -0.39 is 0 Å². The fourth-order valence-electron chi connectivity index (χ4n) is 1.56. The molecule has 0 aliphatic rings. The van der Waals surface area contributed by atoms with Crippen molar-refractivity contribution in [3.63, 3.8) is 0 Å². The van der Waals surface area contributed by atoms with Crippen molar-refractivity contribution in [3.05, 3.63) is 16.5 Å². The minimum Gasteiger partial charge on any atom is -0.372 e. The van der Waals surface area contributed by atoms with Gasteiger partial charge >= 0.3 is 0 Å². The summed E-state index contributed by atoms with van der Waals surface area (Å²) in [5.41, 5.74) is 0. The molecule has 0 saturated heterocycles. The molecule has 0 radical (unpaired) electrons. The first-order valence-corrected chi connectivity index (χ1v) is 6.51. The lowest BCUT2D eigenvalue weighted by Crippen LogP contribution is -2.06. The van der Waals surface area contributed by atoms with Gasteiger partial charge in [-0.15, -0.1) is 0 Å². The molecular weight excluding hydrogens is 218 g/mol. The maximum Gasteiger partial charge on any atom is 0.131 e. The van der Waals surface area contributed by atoms with Crippen molar-refractivity contribution in [1.82, 2.24) is 9.97 Å². The zero-order valence-electron chi connectivity index (χ0n) is 10.2. The first-order valence-electron chi connectivity index (χ1n) is 6.10. The first-order chi connectivity index (χ1) is 7.76. The molecule has 1 aromatic rings. The minimum atomic E-state index is 0.667. The van der Waals surface area contributed by atoms with Gasteiger partial charge in [-0.05, 0) is 12.8 Å². The molecule has 0 fully saturated rings.